The third-order valence-electron chi connectivity index (χ3n) is 3.46. The van der Waals surface area contributed by atoms with E-state index in [9.17, 15) is 4.79 Å². The van der Waals surface area contributed by atoms with Crippen LogP contribution >= 0.6 is 15.9 Å². The zero-order chi connectivity index (χ0) is 14.4. The number of pyridine rings is 1. The first-order valence-electron chi connectivity index (χ1n) is 6.96. The van der Waals surface area contributed by atoms with E-state index in [4.69, 9.17) is 0 Å². The molecular weight excluding hydrogens is 320 g/mol. The van der Waals surface area contributed by atoms with Crippen molar-refractivity contribution in [1.29, 1.82) is 0 Å². The molecule has 1 fully saturated rings. The second-order valence-corrected chi connectivity index (χ2v) is 6.07. The molecule has 2 rings (SSSR count). The lowest BCUT2D eigenvalue weighted by molar-refractivity contribution is -0.116. The molecule has 0 saturated carbocycles. The first kappa shape index (κ1) is 15.4. The van der Waals surface area contributed by atoms with Crippen LogP contribution in [0.25, 0.3) is 0 Å². The fourth-order valence-electron chi connectivity index (χ4n) is 2.26. The number of carbonyl (C=O) groups is 1. The first-order chi connectivity index (χ1) is 9.63. The molecule has 0 bridgehead atoms. The van der Waals surface area contributed by atoms with E-state index < -0.39 is 0 Å². The Morgan fingerprint density at radius 3 is 3.05 bits per heavy atom. The number of carbonyl (C=O) groups excluding carboxylic acids is 1. The molecule has 1 aliphatic rings. The summed E-state index contributed by atoms with van der Waals surface area (Å²) in [6.45, 7) is 5.15. The van der Waals surface area contributed by atoms with E-state index in [0.29, 0.717) is 12.2 Å². The van der Waals surface area contributed by atoms with Crippen molar-refractivity contribution in [1.82, 2.24) is 14.8 Å². The molecule has 0 radical (unpaired) electrons. The average molecular weight is 341 g/mol. The lowest BCUT2D eigenvalue weighted by Gasteiger charge is -2.19. The number of hydrogen-bond acceptors (Lipinski definition) is 4. The molecule has 1 saturated heterocycles. The number of likely N-dealkylation sites (N-methyl/N-ethyl adjacent to an activating group) is 1. The van der Waals surface area contributed by atoms with Gasteiger partial charge in [-0.3, -0.25) is 4.79 Å². The van der Waals surface area contributed by atoms with E-state index in [1.54, 1.807) is 12.3 Å². The summed E-state index contributed by atoms with van der Waals surface area (Å²) in [5.41, 5.74) is 0. The number of nitrogens with one attached hydrogen (secondary N) is 1. The third kappa shape index (κ3) is 5.19. The smallest absolute Gasteiger partial charge is 0.226 e. The molecule has 1 N–H and O–H groups in total. The van der Waals surface area contributed by atoms with Gasteiger partial charge in [0.2, 0.25) is 5.91 Å². The molecule has 0 atom stereocenters. The van der Waals surface area contributed by atoms with E-state index in [1.165, 1.54) is 6.42 Å². The monoisotopic (exact) mass is 340 g/mol. The largest absolute Gasteiger partial charge is 0.311 e. The van der Waals surface area contributed by atoms with Crippen LogP contribution in [0.3, 0.4) is 0 Å². The molecule has 110 valence electrons. The predicted molar refractivity (Wildman–Crippen MR) is 83.7 cm³/mol. The SMILES string of the molecule is CN1CCCN(CCC(=O)Nc2cc(Br)ccn2)CC1. The average Bonchev–Trinajstić information content (AvgIpc) is 2.61. The molecule has 0 aromatic carbocycles. The molecule has 1 aromatic rings. The number of amides is 1. The Bertz CT molecular complexity index is 455. The summed E-state index contributed by atoms with van der Waals surface area (Å²) < 4.78 is 0.915. The summed E-state index contributed by atoms with van der Waals surface area (Å²) in [7, 11) is 2.15. The van der Waals surface area contributed by atoms with Crippen molar-refractivity contribution in [2.45, 2.75) is 12.8 Å². The molecule has 0 spiro atoms. The van der Waals surface area contributed by atoms with Crippen molar-refractivity contribution >= 4 is 27.7 Å². The van der Waals surface area contributed by atoms with E-state index >= 15 is 0 Å². The van der Waals surface area contributed by atoms with Crippen LogP contribution in [-0.2, 0) is 4.79 Å². The molecule has 5 nitrogen and oxygen atoms in total. The van der Waals surface area contributed by atoms with Crippen molar-refractivity contribution in [3.63, 3.8) is 0 Å². The Morgan fingerprint density at radius 1 is 1.40 bits per heavy atom. The first-order valence-corrected chi connectivity index (χ1v) is 7.75. The van der Waals surface area contributed by atoms with E-state index in [2.05, 4.69) is 43.1 Å². The summed E-state index contributed by atoms with van der Waals surface area (Å²) in [6.07, 6.45) is 3.35. The Labute approximate surface area is 128 Å². The van der Waals surface area contributed by atoms with Gasteiger partial charge in [0.25, 0.3) is 0 Å². The minimum absolute atomic E-state index is 0.0215. The van der Waals surface area contributed by atoms with Crippen LogP contribution in [0.1, 0.15) is 12.8 Å². The topological polar surface area (TPSA) is 48.5 Å². The standard InChI is InChI=1S/C14H21BrN4O/c1-18-6-2-7-19(10-9-18)8-4-14(20)17-13-11-12(15)3-5-16-13/h3,5,11H,2,4,6-10H2,1H3,(H,16,17,20). The summed E-state index contributed by atoms with van der Waals surface area (Å²) in [6, 6.07) is 3.64. The number of rotatable bonds is 4. The number of halogens is 1. The van der Waals surface area contributed by atoms with Crippen molar-refractivity contribution in [3.8, 4) is 0 Å². The molecular formula is C14H21BrN4O. The molecule has 2 heterocycles. The fourth-order valence-corrected chi connectivity index (χ4v) is 2.60. The van der Waals surface area contributed by atoms with Gasteiger partial charge in [0.05, 0.1) is 0 Å². The highest BCUT2D eigenvalue weighted by Crippen LogP contribution is 2.12. The maximum absolute atomic E-state index is 11.9. The second kappa shape index (κ2) is 7.71. The van der Waals surface area contributed by atoms with Gasteiger partial charge >= 0.3 is 0 Å². The highest BCUT2D eigenvalue weighted by atomic mass is 79.9. The van der Waals surface area contributed by atoms with E-state index in [1.807, 2.05) is 6.07 Å². The Balaban J connectivity index is 1.74. The maximum Gasteiger partial charge on any atom is 0.226 e. The van der Waals surface area contributed by atoms with Crippen LogP contribution in [-0.4, -0.2) is 60.5 Å². The van der Waals surface area contributed by atoms with Gasteiger partial charge < -0.3 is 15.1 Å². The van der Waals surface area contributed by atoms with Crippen LogP contribution in [0, 0.1) is 0 Å². The van der Waals surface area contributed by atoms with Crippen molar-refractivity contribution < 1.29 is 4.79 Å². The highest BCUT2D eigenvalue weighted by molar-refractivity contribution is 9.10. The van der Waals surface area contributed by atoms with Gasteiger partial charge in [-0.1, -0.05) is 15.9 Å². The lowest BCUT2D eigenvalue weighted by Crippen LogP contribution is -2.31. The van der Waals surface area contributed by atoms with E-state index in [0.717, 1.165) is 37.2 Å². The number of hydrogen-bond donors (Lipinski definition) is 1. The van der Waals surface area contributed by atoms with Crippen LogP contribution in [0.5, 0.6) is 0 Å². The summed E-state index contributed by atoms with van der Waals surface area (Å²) in [4.78, 5) is 20.7. The third-order valence-corrected chi connectivity index (χ3v) is 3.95. The van der Waals surface area contributed by atoms with Gasteiger partial charge in [0.1, 0.15) is 5.82 Å². The Kier molecular flexibility index (Phi) is 5.94. The Hall–Kier alpha value is -0.980. The molecule has 20 heavy (non-hydrogen) atoms. The van der Waals surface area contributed by atoms with Gasteiger partial charge in [-0.15, -0.1) is 0 Å². The fraction of sp³-hybridized carbons (Fsp3) is 0.571. The van der Waals surface area contributed by atoms with Crippen molar-refractivity contribution in [2.24, 2.45) is 0 Å². The Morgan fingerprint density at radius 2 is 2.25 bits per heavy atom. The maximum atomic E-state index is 11.9. The lowest BCUT2D eigenvalue weighted by atomic mass is 10.3. The quantitative estimate of drug-likeness (QED) is 0.908. The van der Waals surface area contributed by atoms with E-state index in [-0.39, 0.29) is 5.91 Å². The summed E-state index contributed by atoms with van der Waals surface area (Å²) >= 11 is 3.36. The molecule has 0 unspecified atom stereocenters. The number of aromatic nitrogens is 1. The molecule has 0 aliphatic carbocycles. The minimum atomic E-state index is 0.0215. The molecule has 1 aromatic heterocycles. The molecule has 1 aliphatic heterocycles. The van der Waals surface area contributed by atoms with Gasteiger partial charge in [-0.05, 0) is 38.7 Å². The normalized spacial score (nSPS) is 17.7. The second-order valence-electron chi connectivity index (χ2n) is 5.16. The van der Waals surface area contributed by atoms with Crippen molar-refractivity contribution in [2.75, 3.05) is 45.1 Å². The van der Waals surface area contributed by atoms with Gasteiger partial charge in [0.15, 0.2) is 0 Å². The highest BCUT2D eigenvalue weighted by Gasteiger charge is 2.13. The number of nitrogens with zero attached hydrogens (tertiary/aromatic N) is 3. The van der Waals surface area contributed by atoms with Gasteiger partial charge in [-0.25, -0.2) is 4.98 Å². The van der Waals surface area contributed by atoms with Crippen LogP contribution in [0.4, 0.5) is 5.82 Å². The number of anilines is 1. The zero-order valence-corrected chi connectivity index (χ0v) is 13.4. The van der Waals surface area contributed by atoms with Crippen molar-refractivity contribution in [3.05, 3.63) is 22.8 Å². The summed E-state index contributed by atoms with van der Waals surface area (Å²) in [5, 5.41) is 2.83. The van der Waals surface area contributed by atoms with Crippen LogP contribution in [0.2, 0.25) is 0 Å². The van der Waals surface area contributed by atoms with Gasteiger partial charge in [0, 0.05) is 36.7 Å². The predicted octanol–water partition coefficient (Wildman–Crippen LogP) is 1.81. The minimum Gasteiger partial charge on any atom is -0.311 e. The molecule has 6 heteroatoms. The van der Waals surface area contributed by atoms with Crippen LogP contribution < -0.4 is 5.32 Å². The zero-order valence-electron chi connectivity index (χ0n) is 11.8. The van der Waals surface area contributed by atoms with Gasteiger partial charge in [-0.2, -0.15) is 0 Å². The molecule has 1 amide bonds. The summed E-state index contributed by atoms with van der Waals surface area (Å²) in [5.74, 6) is 0.619. The van der Waals surface area contributed by atoms with Crippen LogP contribution in [0.15, 0.2) is 22.8 Å².